The Hall–Kier alpha value is -0.690. The molecule has 0 aliphatic rings. The van der Waals surface area contributed by atoms with Crippen molar-refractivity contribution in [2.24, 2.45) is 0 Å². The number of ether oxygens (including phenoxy) is 1. The molecule has 0 aliphatic heterocycles. The summed E-state index contributed by atoms with van der Waals surface area (Å²) in [5.41, 5.74) is 0.216. The van der Waals surface area contributed by atoms with Gasteiger partial charge in [-0.3, -0.25) is 4.79 Å². The van der Waals surface area contributed by atoms with E-state index in [-0.39, 0.29) is 11.3 Å². The Bertz CT molecular complexity index is 446. The van der Waals surface area contributed by atoms with Crippen molar-refractivity contribution in [3.8, 4) is 5.75 Å². The summed E-state index contributed by atoms with van der Waals surface area (Å²) in [7, 11) is 0. The SMILES string of the molecule is CSc1ccc(OC(F)(F)F)cc1C(=O)C(C)Br. The quantitative estimate of drug-likeness (QED) is 0.464. The van der Waals surface area contributed by atoms with E-state index in [1.807, 2.05) is 0 Å². The highest BCUT2D eigenvalue weighted by molar-refractivity contribution is 9.10. The standard InChI is InChI=1S/C11H10BrF3O2S/c1-6(12)10(16)8-5-7(17-11(13,14)15)3-4-9(8)18-2/h3-6H,1-2H3. The molecule has 0 amide bonds. The third-order valence-electron chi connectivity index (χ3n) is 2.03. The third kappa shape index (κ3) is 4.20. The smallest absolute Gasteiger partial charge is 0.406 e. The van der Waals surface area contributed by atoms with Crippen molar-refractivity contribution in [3.05, 3.63) is 23.8 Å². The van der Waals surface area contributed by atoms with E-state index in [2.05, 4.69) is 20.7 Å². The molecule has 0 saturated heterocycles. The maximum absolute atomic E-state index is 12.1. The predicted molar refractivity (Wildman–Crippen MR) is 67.6 cm³/mol. The normalized spacial score (nSPS) is 13.2. The average Bonchev–Trinajstić information content (AvgIpc) is 2.25. The van der Waals surface area contributed by atoms with Crippen LogP contribution in [0.1, 0.15) is 17.3 Å². The molecular formula is C11H10BrF3O2S. The van der Waals surface area contributed by atoms with E-state index < -0.39 is 16.9 Å². The van der Waals surface area contributed by atoms with Crippen LogP contribution < -0.4 is 4.74 Å². The molecular weight excluding hydrogens is 333 g/mol. The van der Waals surface area contributed by atoms with Gasteiger partial charge in [0.05, 0.1) is 4.83 Å². The van der Waals surface area contributed by atoms with Crippen LogP contribution in [0, 0.1) is 0 Å². The molecule has 0 bridgehead atoms. The highest BCUT2D eigenvalue weighted by Gasteiger charge is 2.31. The first-order valence-electron chi connectivity index (χ1n) is 4.86. The van der Waals surface area contributed by atoms with Crippen LogP contribution in [0.3, 0.4) is 0 Å². The summed E-state index contributed by atoms with van der Waals surface area (Å²) in [6.45, 7) is 1.61. The van der Waals surface area contributed by atoms with Crippen molar-refractivity contribution in [2.75, 3.05) is 6.26 Å². The van der Waals surface area contributed by atoms with Crippen LogP contribution in [0.5, 0.6) is 5.75 Å². The Labute approximate surface area is 115 Å². The molecule has 1 rings (SSSR count). The van der Waals surface area contributed by atoms with E-state index in [9.17, 15) is 18.0 Å². The zero-order valence-corrected chi connectivity index (χ0v) is 11.9. The van der Waals surface area contributed by atoms with Gasteiger partial charge in [0, 0.05) is 10.5 Å². The summed E-state index contributed by atoms with van der Waals surface area (Å²) >= 11 is 4.39. The predicted octanol–water partition coefficient (Wildman–Crippen LogP) is 4.27. The number of halogens is 4. The van der Waals surface area contributed by atoms with Crippen molar-refractivity contribution in [1.29, 1.82) is 0 Å². The summed E-state index contributed by atoms with van der Waals surface area (Å²) in [5, 5.41) is 0. The number of hydrogen-bond acceptors (Lipinski definition) is 3. The summed E-state index contributed by atoms with van der Waals surface area (Å²) in [5.74, 6) is -0.677. The summed E-state index contributed by atoms with van der Waals surface area (Å²) in [6, 6.07) is 3.74. The maximum Gasteiger partial charge on any atom is 0.573 e. The molecule has 7 heteroatoms. The largest absolute Gasteiger partial charge is 0.573 e. The van der Waals surface area contributed by atoms with Gasteiger partial charge in [0.2, 0.25) is 0 Å². The molecule has 0 spiro atoms. The molecule has 1 atom stereocenters. The number of alkyl halides is 4. The summed E-state index contributed by atoms with van der Waals surface area (Å²) in [6.07, 6.45) is -3.02. The zero-order valence-electron chi connectivity index (χ0n) is 9.55. The van der Waals surface area contributed by atoms with Crippen LogP contribution in [-0.4, -0.2) is 23.2 Å². The minimum Gasteiger partial charge on any atom is -0.406 e. The molecule has 1 unspecified atom stereocenters. The number of benzene rings is 1. The highest BCUT2D eigenvalue weighted by atomic mass is 79.9. The fourth-order valence-electron chi connectivity index (χ4n) is 1.29. The molecule has 0 N–H and O–H groups in total. The van der Waals surface area contributed by atoms with Gasteiger partial charge in [0.1, 0.15) is 5.75 Å². The first-order valence-corrected chi connectivity index (χ1v) is 7.00. The monoisotopic (exact) mass is 342 g/mol. The first kappa shape index (κ1) is 15.4. The molecule has 2 nitrogen and oxygen atoms in total. The second-order valence-corrected chi connectivity index (χ2v) is 5.61. The molecule has 1 aromatic rings. The van der Waals surface area contributed by atoms with Gasteiger partial charge in [0.25, 0.3) is 0 Å². The van der Waals surface area contributed by atoms with E-state index in [4.69, 9.17) is 0 Å². The molecule has 0 aromatic heterocycles. The number of Topliss-reactive ketones (excluding diaryl/α,β-unsaturated/α-hetero) is 1. The number of carbonyl (C=O) groups is 1. The average molecular weight is 343 g/mol. The lowest BCUT2D eigenvalue weighted by molar-refractivity contribution is -0.274. The van der Waals surface area contributed by atoms with Gasteiger partial charge in [0.15, 0.2) is 5.78 Å². The lowest BCUT2D eigenvalue weighted by Gasteiger charge is -2.12. The Morgan fingerprint density at radius 1 is 1.44 bits per heavy atom. The van der Waals surface area contributed by atoms with Crippen LogP contribution in [-0.2, 0) is 0 Å². The molecule has 0 fully saturated rings. The molecule has 0 saturated carbocycles. The van der Waals surface area contributed by atoms with E-state index in [1.165, 1.54) is 23.9 Å². The number of hydrogen-bond donors (Lipinski definition) is 0. The summed E-state index contributed by atoms with van der Waals surface area (Å²) in [4.78, 5) is 12.0. The van der Waals surface area contributed by atoms with Crippen molar-refractivity contribution in [2.45, 2.75) is 23.0 Å². The lowest BCUT2D eigenvalue weighted by atomic mass is 10.1. The molecule has 18 heavy (non-hydrogen) atoms. The van der Waals surface area contributed by atoms with Crippen molar-refractivity contribution >= 4 is 33.5 Å². The van der Waals surface area contributed by atoms with Gasteiger partial charge in [-0.1, -0.05) is 15.9 Å². The zero-order chi connectivity index (χ0) is 13.9. The molecule has 0 heterocycles. The molecule has 0 aliphatic carbocycles. The van der Waals surface area contributed by atoms with E-state index in [1.54, 1.807) is 13.2 Å². The minimum absolute atomic E-state index is 0.216. The van der Waals surface area contributed by atoms with Gasteiger partial charge < -0.3 is 4.74 Å². The Kier molecular flexibility index (Phi) is 5.10. The second kappa shape index (κ2) is 5.97. The van der Waals surface area contributed by atoms with Gasteiger partial charge in [-0.25, -0.2) is 0 Å². The van der Waals surface area contributed by atoms with Crippen LogP contribution in [0.4, 0.5) is 13.2 Å². The Balaban J connectivity index is 3.14. The van der Waals surface area contributed by atoms with E-state index in [0.29, 0.717) is 4.90 Å². The van der Waals surface area contributed by atoms with Crippen LogP contribution >= 0.6 is 27.7 Å². The fourth-order valence-corrected chi connectivity index (χ4v) is 2.12. The Morgan fingerprint density at radius 3 is 2.50 bits per heavy atom. The van der Waals surface area contributed by atoms with E-state index in [0.717, 1.165) is 6.07 Å². The molecule has 1 aromatic carbocycles. The van der Waals surface area contributed by atoms with Gasteiger partial charge in [-0.2, -0.15) is 0 Å². The van der Waals surface area contributed by atoms with Crippen molar-refractivity contribution in [1.82, 2.24) is 0 Å². The van der Waals surface area contributed by atoms with Crippen LogP contribution in [0.25, 0.3) is 0 Å². The molecule has 0 radical (unpaired) electrons. The van der Waals surface area contributed by atoms with Crippen molar-refractivity contribution < 1.29 is 22.7 Å². The fraction of sp³-hybridized carbons (Fsp3) is 0.364. The highest BCUT2D eigenvalue weighted by Crippen LogP contribution is 2.30. The van der Waals surface area contributed by atoms with Crippen molar-refractivity contribution in [3.63, 3.8) is 0 Å². The molecule has 100 valence electrons. The van der Waals surface area contributed by atoms with Crippen LogP contribution in [0.15, 0.2) is 23.1 Å². The Morgan fingerprint density at radius 2 is 2.06 bits per heavy atom. The number of ketones is 1. The second-order valence-electron chi connectivity index (χ2n) is 3.39. The number of thioether (sulfide) groups is 1. The van der Waals surface area contributed by atoms with E-state index >= 15 is 0 Å². The maximum atomic E-state index is 12.1. The third-order valence-corrected chi connectivity index (χ3v) is 3.24. The number of rotatable bonds is 4. The topological polar surface area (TPSA) is 26.3 Å². The van der Waals surface area contributed by atoms with Gasteiger partial charge >= 0.3 is 6.36 Å². The van der Waals surface area contributed by atoms with Crippen LogP contribution in [0.2, 0.25) is 0 Å². The number of carbonyl (C=O) groups excluding carboxylic acids is 1. The van der Waals surface area contributed by atoms with Gasteiger partial charge in [-0.15, -0.1) is 24.9 Å². The minimum atomic E-state index is -4.76. The van der Waals surface area contributed by atoms with Gasteiger partial charge in [-0.05, 0) is 31.4 Å². The lowest BCUT2D eigenvalue weighted by Crippen LogP contribution is -2.18. The first-order chi connectivity index (χ1) is 8.24. The summed E-state index contributed by atoms with van der Waals surface area (Å²) < 4.78 is 40.1.